The monoisotopic (exact) mass is 495 g/mol. The lowest BCUT2D eigenvalue weighted by molar-refractivity contribution is -0.274. The number of anilines is 4. The summed E-state index contributed by atoms with van der Waals surface area (Å²) in [6.45, 7) is 7.56. The number of alkyl halides is 3. The fourth-order valence-electron chi connectivity index (χ4n) is 3.10. The minimum atomic E-state index is -4.86. The molecule has 0 aliphatic heterocycles. The lowest BCUT2D eigenvalue weighted by Gasteiger charge is -2.20. The molecule has 0 atom stereocenters. The van der Waals surface area contributed by atoms with E-state index in [4.69, 9.17) is 0 Å². The normalized spacial score (nSPS) is 11.7. The van der Waals surface area contributed by atoms with Crippen molar-refractivity contribution in [3.8, 4) is 5.75 Å². The van der Waals surface area contributed by atoms with Crippen LogP contribution in [0.5, 0.6) is 5.75 Å². The number of hydrogen-bond donors (Lipinski definition) is 2. The summed E-state index contributed by atoms with van der Waals surface area (Å²) in [5, 5.41) is 3.10. The highest BCUT2D eigenvalue weighted by molar-refractivity contribution is 7.92. The van der Waals surface area contributed by atoms with Gasteiger partial charge >= 0.3 is 6.36 Å². The molecule has 1 aromatic heterocycles. The van der Waals surface area contributed by atoms with Crippen LogP contribution in [0.4, 0.5) is 36.3 Å². The largest absolute Gasteiger partial charge is 0.573 e. The second kappa shape index (κ2) is 10.2. The van der Waals surface area contributed by atoms with Crippen molar-refractivity contribution in [3.63, 3.8) is 0 Å². The minimum Gasteiger partial charge on any atom is -0.406 e. The first-order chi connectivity index (χ1) is 16.0. The van der Waals surface area contributed by atoms with Crippen LogP contribution < -0.4 is 19.7 Å². The first-order valence-electron chi connectivity index (χ1n) is 10.4. The molecule has 8 nitrogen and oxygen atoms in total. The summed E-state index contributed by atoms with van der Waals surface area (Å²) in [5.41, 5.74) is 1.72. The molecule has 0 aliphatic carbocycles. The molecule has 0 saturated heterocycles. The molecular formula is C22H24F3N5O3S. The van der Waals surface area contributed by atoms with E-state index in [1.165, 1.54) is 0 Å². The molecule has 12 heteroatoms. The van der Waals surface area contributed by atoms with E-state index >= 15 is 0 Å². The molecule has 0 bridgehead atoms. The van der Waals surface area contributed by atoms with Crippen molar-refractivity contribution >= 4 is 33.2 Å². The Hall–Kier alpha value is -3.54. The third-order valence-corrected chi connectivity index (χ3v) is 6.09. The summed E-state index contributed by atoms with van der Waals surface area (Å²) in [5.74, 6) is 0.705. The van der Waals surface area contributed by atoms with E-state index in [1.807, 2.05) is 26.8 Å². The molecule has 0 fully saturated rings. The zero-order valence-corrected chi connectivity index (χ0v) is 19.5. The van der Waals surface area contributed by atoms with Gasteiger partial charge in [-0.2, -0.15) is 4.98 Å². The zero-order valence-electron chi connectivity index (χ0n) is 18.7. The Labute approximate surface area is 195 Å². The van der Waals surface area contributed by atoms with E-state index in [1.54, 1.807) is 24.3 Å². The average molecular weight is 496 g/mol. The maximum Gasteiger partial charge on any atom is 0.573 e. The van der Waals surface area contributed by atoms with Crippen LogP contribution in [-0.2, 0) is 10.0 Å². The smallest absolute Gasteiger partial charge is 0.406 e. The first kappa shape index (κ1) is 25.1. The molecule has 182 valence electrons. The van der Waals surface area contributed by atoms with E-state index in [0.29, 0.717) is 11.6 Å². The molecule has 0 radical (unpaired) electrons. The molecule has 0 aliphatic rings. The van der Waals surface area contributed by atoms with Crippen molar-refractivity contribution in [3.05, 3.63) is 60.3 Å². The first-order valence-corrected chi connectivity index (χ1v) is 11.8. The Morgan fingerprint density at radius 2 is 1.53 bits per heavy atom. The molecule has 34 heavy (non-hydrogen) atoms. The molecule has 3 rings (SSSR count). The number of halogens is 3. The van der Waals surface area contributed by atoms with Gasteiger partial charge in [0.1, 0.15) is 11.6 Å². The quantitative estimate of drug-likeness (QED) is 0.428. The number of hydrogen-bond acceptors (Lipinski definition) is 7. The summed E-state index contributed by atoms with van der Waals surface area (Å²) in [6, 6.07) is 12.2. The molecule has 3 aromatic rings. The summed E-state index contributed by atoms with van der Waals surface area (Å²) >= 11 is 0. The fourth-order valence-corrected chi connectivity index (χ4v) is 4.16. The van der Waals surface area contributed by atoms with Crippen molar-refractivity contribution in [2.24, 2.45) is 0 Å². The molecule has 0 saturated carbocycles. The summed E-state index contributed by atoms with van der Waals surface area (Å²) in [6.07, 6.45) is -4.86. The number of sulfonamides is 1. The molecule has 0 amide bonds. The number of aryl methyl sites for hydroxylation is 1. The van der Waals surface area contributed by atoms with E-state index < -0.39 is 22.1 Å². The van der Waals surface area contributed by atoms with Crippen LogP contribution >= 0.6 is 0 Å². The minimum absolute atomic E-state index is 0.207. The van der Waals surface area contributed by atoms with Crippen molar-refractivity contribution in [2.75, 3.05) is 28.0 Å². The number of nitrogens with one attached hydrogen (secondary N) is 2. The number of rotatable bonds is 9. The Morgan fingerprint density at radius 1 is 0.941 bits per heavy atom. The van der Waals surface area contributed by atoms with E-state index in [-0.39, 0.29) is 10.6 Å². The average Bonchev–Trinajstić information content (AvgIpc) is 2.75. The van der Waals surface area contributed by atoms with Crippen LogP contribution in [0.2, 0.25) is 0 Å². The molecule has 0 spiro atoms. The van der Waals surface area contributed by atoms with Crippen molar-refractivity contribution in [2.45, 2.75) is 32.0 Å². The number of ether oxygens (including phenoxy) is 1. The van der Waals surface area contributed by atoms with Crippen LogP contribution in [0.3, 0.4) is 0 Å². The zero-order chi connectivity index (χ0) is 24.9. The number of nitrogens with zero attached hydrogens (tertiary/aromatic N) is 3. The van der Waals surface area contributed by atoms with Crippen LogP contribution in [0.25, 0.3) is 0 Å². The Kier molecular flexibility index (Phi) is 7.50. The van der Waals surface area contributed by atoms with Crippen molar-refractivity contribution in [1.82, 2.24) is 9.97 Å². The summed E-state index contributed by atoms with van der Waals surface area (Å²) < 4.78 is 68.1. The fraction of sp³-hybridized carbons (Fsp3) is 0.273. The highest BCUT2D eigenvalue weighted by Gasteiger charge is 2.31. The number of benzene rings is 2. The highest BCUT2D eigenvalue weighted by atomic mass is 32.2. The second-order valence-corrected chi connectivity index (χ2v) is 8.87. The van der Waals surface area contributed by atoms with Crippen LogP contribution in [0, 0.1) is 6.92 Å². The predicted molar refractivity (Wildman–Crippen MR) is 124 cm³/mol. The van der Waals surface area contributed by atoms with Gasteiger partial charge in [0.15, 0.2) is 0 Å². The Balaban J connectivity index is 1.70. The van der Waals surface area contributed by atoms with Gasteiger partial charge in [-0.1, -0.05) is 0 Å². The Bertz CT molecular complexity index is 1210. The standard InChI is InChI=1S/C22H24F3N5O3S/c1-4-30(5-2)20-14-15(3)26-21(28-20)27-16-6-8-17(9-7-16)29-34(31,32)19-12-10-18(11-13-19)33-22(23,24)25/h6-14,29H,4-5H2,1-3H3,(H,26,27,28). The van der Waals surface area contributed by atoms with Gasteiger partial charge in [0.2, 0.25) is 5.95 Å². The predicted octanol–water partition coefficient (Wildman–Crippen LogP) is 5.07. The molecule has 2 aromatic carbocycles. The van der Waals surface area contributed by atoms with Crippen LogP contribution in [-0.4, -0.2) is 37.8 Å². The van der Waals surface area contributed by atoms with Crippen molar-refractivity contribution in [1.29, 1.82) is 0 Å². The van der Waals surface area contributed by atoms with Gasteiger partial charge in [-0.05, 0) is 69.3 Å². The van der Waals surface area contributed by atoms with Crippen LogP contribution in [0.1, 0.15) is 19.5 Å². The third kappa shape index (κ3) is 6.73. The SMILES string of the molecule is CCN(CC)c1cc(C)nc(Nc2ccc(NS(=O)(=O)c3ccc(OC(F)(F)F)cc3)cc2)n1. The molecule has 0 unspecified atom stereocenters. The van der Waals surface area contributed by atoms with Gasteiger partial charge in [-0.15, -0.1) is 13.2 Å². The van der Waals surface area contributed by atoms with Gasteiger partial charge < -0.3 is 15.0 Å². The molecular weight excluding hydrogens is 471 g/mol. The van der Waals surface area contributed by atoms with Gasteiger partial charge in [-0.3, -0.25) is 4.72 Å². The highest BCUT2D eigenvalue weighted by Crippen LogP contribution is 2.25. The lowest BCUT2D eigenvalue weighted by atomic mass is 10.3. The van der Waals surface area contributed by atoms with E-state index in [2.05, 4.69) is 29.6 Å². The lowest BCUT2D eigenvalue weighted by Crippen LogP contribution is -2.23. The maximum atomic E-state index is 12.6. The van der Waals surface area contributed by atoms with Gasteiger partial charge in [0.05, 0.1) is 4.90 Å². The number of aromatic nitrogens is 2. The summed E-state index contributed by atoms with van der Waals surface area (Å²) in [4.78, 5) is 10.8. The van der Waals surface area contributed by atoms with E-state index in [9.17, 15) is 21.6 Å². The van der Waals surface area contributed by atoms with Gasteiger partial charge in [0.25, 0.3) is 10.0 Å². The maximum absolute atomic E-state index is 12.6. The Morgan fingerprint density at radius 3 is 2.09 bits per heavy atom. The van der Waals surface area contributed by atoms with Crippen LogP contribution in [0.15, 0.2) is 59.5 Å². The summed E-state index contributed by atoms with van der Waals surface area (Å²) in [7, 11) is -4.01. The van der Waals surface area contributed by atoms with E-state index in [0.717, 1.165) is 48.9 Å². The van der Waals surface area contributed by atoms with Crippen molar-refractivity contribution < 1.29 is 26.3 Å². The molecule has 1 heterocycles. The molecule has 2 N–H and O–H groups in total. The van der Waals surface area contributed by atoms with Gasteiger partial charge in [-0.25, -0.2) is 13.4 Å². The third-order valence-electron chi connectivity index (χ3n) is 4.69. The second-order valence-electron chi connectivity index (χ2n) is 7.19. The topological polar surface area (TPSA) is 96.5 Å². The van der Waals surface area contributed by atoms with Gasteiger partial charge in [0, 0.05) is 36.2 Å².